The SMILES string of the molecule is COCCOC(=O)N1C(=O)C2(c3cc(C#CC4=CCCCC4)ccc31)C(C(=O)Nc1ccc(N3CCOCC3)cc1)C1C(=O)OC(c3ccccc3)C(c3ccccc3)N1C2c1ccc(OCCO)cc1. The Morgan fingerprint density at radius 3 is 2.23 bits per heavy atom. The fraction of sp³-hybridized carbons (Fsp3) is 0.333. The summed E-state index contributed by atoms with van der Waals surface area (Å²) < 4.78 is 29.0. The molecule has 4 aliphatic heterocycles. The Hall–Kier alpha value is -7.28. The molecule has 10 rings (SSSR count). The molecular weight excluding hydrogens is 901 g/mol. The Labute approximate surface area is 413 Å². The van der Waals surface area contributed by atoms with E-state index in [0.29, 0.717) is 60.0 Å². The number of imide groups is 1. The van der Waals surface area contributed by atoms with Gasteiger partial charge in [0, 0.05) is 37.1 Å². The summed E-state index contributed by atoms with van der Waals surface area (Å²) in [5.41, 5.74) is 3.49. The highest BCUT2D eigenvalue weighted by molar-refractivity contribution is 6.24. The molecule has 0 saturated carbocycles. The number of hydrogen-bond acceptors (Lipinski definition) is 12. The third kappa shape index (κ3) is 9.06. The number of anilines is 3. The molecule has 71 heavy (non-hydrogen) atoms. The van der Waals surface area contributed by atoms with Gasteiger partial charge in [-0.1, -0.05) is 90.7 Å². The number of allylic oxidation sites excluding steroid dienone is 2. The fourth-order valence-corrected chi connectivity index (χ4v) is 11.1. The van der Waals surface area contributed by atoms with Crippen LogP contribution < -0.4 is 19.9 Å². The van der Waals surface area contributed by atoms with Crippen molar-refractivity contribution in [1.29, 1.82) is 0 Å². The van der Waals surface area contributed by atoms with Crippen LogP contribution in [0.25, 0.3) is 0 Å². The van der Waals surface area contributed by atoms with E-state index in [1.165, 1.54) is 7.11 Å². The summed E-state index contributed by atoms with van der Waals surface area (Å²) in [4.78, 5) is 67.8. The number of methoxy groups -OCH3 is 1. The van der Waals surface area contributed by atoms with Gasteiger partial charge in [0.1, 0.15) is 36.5 Å². The van der Waals surface area contributed by atoms with E-state index in [2.05, 4.69) is 28.1 Å². The van der Waals surface area contributed by atoms with Gasteiger partial charge in [-0.25, -0.2) is 9.69 Å². The third-order valence-corrected chi connectivity index (χ3v) is 14.2. The Kier molecular flexibility index (Phi) is 14.0. The van der Waals surface area contributed by atoms with Crippen LogP contribution in [-0.4, -0.2) is 99.8 Å². The van der Waals surface area contributed by atoms with Gasteiger partial charge in [0.05, 0.1) is 50.1 Å². The number of nitrogens with zero attached hydrogens (tertiary/aromatic N) is 3. The average Bonchev–Trinajstić information content (AvgIpc) is 3.87. The van der Waals surface area contributed by atoms with Crippen LogP contribution in [0.1, 0.15) is 71.7 Å². The van der Waals surface area contributed by atoms with Gasteiger partial charge in [-0.2, -0.15) is 0 Å². The van der Waals surface area contributed by atoms with Crippen LogP contribution in [0.15, 0.2) is 139 Å². The maximum Gasteiger partial charge on any atom is 0.421 e. The molecule has 3 fully saturated rings. The zero-order valence-corrected chi connectivity index (χ0v) is 39.5. The maximum atomic E-state index is 16.5. The van der Waals surface area contributed by atoms with Gasteiger partial charge in [-0.15, -0.1) is 0 Å². The molecule has 5 aromatic carbocycles. The number of ether oxygens (including phenoxy) is 5. The van der Waals surface area contributed by atoms with E-state index in [0.717, 1.165) is 47.4 Å². The van der Waals surface area contributed by atoms with E-state index < -0.39 is 59.4 Å². The molecule has 4 heterocycles. The Morgan fingerprint density at radius 2 is 1.54 bits per heavy atom. The van der Waals surface area contributed by atoms with Crippen molar-refractivity contribution in [2.24, 2.45) is 5.92 Å². The number of hydrogen-bond donors (Lipinski definition) is 2. The lowest BCUT2D eigenvalue weighted by molar-refractivity contribution is -0.177. The van der Waals surface area contributed by atoms with Crippen molar-refractivity contribution in [2.75, 3.05) is 75.0 Å². The highest BCUT2D eigenvalue weighted by Crippen LogP contribution is 2.66. The summed E-state index contributed by atoms with van der Waals surface area (Å²) in [5, 5.41) is 12.8. The van der Waals surface area contributed by atoms with E-state index in [1.54, 1.807) is 42.5 Å². The number of esters is 1. The number of aliphatic hydroxyl groups excluding tert-OH is 1. The molecule has 5 aliphatic rings. The van der Waals surface area contributed by atoms with Gasteiger partial charge in [-0.05, 0) is 108 Å². The quantitative estimate of drug-likeness (QED) is 0.0711. The Morgan fingerprint density at radius 1 is 0.803 bits per heavy atom. The predicted molar refractivity (Wildman–Crippen MR) is 266 cm³/mol. The summed E-state index contributed by atoms with van der Waals surface area (Å²) in [6.45, 7) is 2.39. The largest absolute Gasteiger partial charge is 0.491 e. The number of rotatable bonds is 12. The molecule has 3 saturated heterocycles. The van der Waals surface area contributed by atoms with E-state index in [4.69, 9.17) is 23.7 Å². The number of aliphatic hydroxyl groups is 1. The predicted octanol–water partition coefficient (Wildman–Crippen LogP) is 7.83. The first-order valence-electron chi connectivity index (χ1n) is 24.3. The third-order valence-electron chi connectivity index (χ3n) is 14.2. The number of amides is 3. The summed E-state index contributed by atoms with van der Waals surface area (Å²) in [5.74, 6) is 3.53. The smallest absolute Gasteiger partial charge is 0.421 e. The minimum Gasteiger partial charge on any atom is -0.491 e. The maximum absolute atomic E-state index is 16.5. The number of benzene rings is 5. The van der Waals surface area contributed by atoms with Crippen molar-refractivity contribution in [3.8, 4) is 17.6 Å². The molecule has 3 amide bonds. The van der Waals surface area contributed by atoms with Crippen LogP contribution in [0, 0.1) is 17.8 Å². The Bertz CT molecular complexity index is 2840. The highest BCUT2D eigenvalue weighted by Gasteiger charge is 2.75. The summed E-state index contributed by atoms with van der Waals surface area (Å²) in [6.07, 6.45) is 4.19. The van der Waals surface area contributed by atoms with Crippen LogP contribution >= 0.6 is 0 Å². The molecule has 364 valence electrons. The van der Waals surface area contributed by atoms with Crippen molar-refractivity contribution in [3.63, 3.8) is 0 Å². The summed E-state index contributed by atoms with van der Waals surface area (Å²) in [7, 11) is 1.48. The van der Waals surface area contributed by atoms with Gasteiger partial charge in [-0.3, -0.25) is 19.3 Å². The first-order chi connectivity index (χ1) is 34.8. The lowest BCUT2D eigenvalue weighted by atomic mass is 9.65. The highest BCUT2D eigenvalue weighted by atomic mass is 16.6. The van der Waals surface area contributed by atoms with Gasteiger partial charge in [0.25, 0.3) is 0 Å². The number of cyclic esters (lactones) is 1. The van der Waals surface area contributed by atoms with Gasteiger partial charge >= 0.3 is 12.1 Å². The normalized spacial score (nSPS) is 23.7. The summed E-state index contributed by atoms with van der Waals surface area (Å²) in [6, 6.07) is 35.5. The van der Waals surface area contributed by atoms with E-state index in [1.807, 2.05) is 89.8 Å². The van der Waals surface area contributed by atoms with Crippen LogP contribution in [0.2, 0.25) is 0 Å². The molecule has 6 atom stereocenters. The van der Waals surface area contributed by atoms with Crippen molar-refractivity contribution >= 4 is 40.9 Å². The standard InChI is InChI=1S/C57H56N4O10/c1-67-35-36-70-56(66)60-47-28-19-39(18-17-38-11-5-2-6-12-38)37-46(47)57(55(60)65)48(53(63)58-43-22-24-44(25-23-43)59-29-32-68-33-30-59)50-54(64)71-51(41-15-9-4-10-16-41)49(40-13-7-3-8-14-40)61(50)52(57)42-20-26-45(27-21-42)69-34-31-62/h3-4,7-11,13-16,19-28,37,48-52,62H,2,5-6,12,29-36H2,1H3,(H,58,63). The van der Waals surface area contributed by atoms with E-state index in [-0.39, 0.29) is 32.1 Å². The van der Waals surface area contributed by atoms with Crippen LogP contribution in [-0.2, 0) is 38.7 Å². The molecule has 5 aromatic rings. The van der Waals surface area contributed by atoms with Gasteiger partial charge in [0.15, 0.2) is 0 Å². The molecule has 0 bridgehead atoms. The zero-order valence-electron chi connectivity index (χ0n) is 39.5. The molecule has 14 heteroatoms. The van der Waals surface area contributed by atoms with Crippen LogP contribution in [0.3, 0.4) is 0 Å². The monoisotopic (exact) mass is 956 g/mol. The second-order valence-corrected chi connectivity index (χ2v) is 18.2. The topological polar surface area (TPSA) is 156 Å². The molecular formula is C57H56N4O10. The first kappa shape index (κ1) is 47.4. The number of fused-ring (bicyclic) bond motifs is 3. The molecule has 2 N–H and O–H groups in total. The number of carbonyl (C=O) groups is 4. The minimum absolute atomic E-state index is 0.0456. The van der Waals surface area contributed by atoms with Crippen LogP contribution in [0.4, 0.5) is 21.9 Å². The first-order valence-corrected chi connectivity index (χ1v) is 24.3. The van der Waals surface area contributed by atoms with Crippen molar-refractivity contribution in [1.82, 2.24) is 4.90 Å². The summed E-state index contributed by atoms with van der Waals surface area (Å²) >= 11 is 0. The number of nitrogens with one attached hydrogen (secondary N) is 1. The molecule has 1 aliphatic carbocycles. The average molecular weight is 957 g/mol. The van der Waals surface area contributed by atoms with Crippen molar-refractivity contribution in [2.45, 2.75) is 55.3 Å². The molecule has 1 spiro atoms. The Balaban J connectivity index is 1.23. The number of carbonyl (C=O) groups excluding carboxylic acids is 4. The molecule has 0 aromatic heterocycles. The van der Waals surface area contributed by atoms with E-state index in [9.17, 15) is 9.90 Å². The van der Waals surface area contributed by atoms with Gasteiger partial charge < -0.3 is 39.0 Å². The lowest BCUT2D eigenvalue weighted by Crippen LogP contribution is -2.54. The molecule has 6 unspecified atom stereocenters. The second kappa shape index (κ2) is 21.0. The molecule has 14 nitrogen and oxygen atoms in total. The number of morpholine rings is 2. The minimum atomic E-state index is -2.02. The van der Waals surface area contributed by atoms with Gasteiger partial charge in [0.2, 0.25) is 11.8 Å². The lowest BCUT2D eigenvalue weighted by Gasteiger charge is -2.46. The van der Waals surface area contributed by atoms with E-state index >= 15 is 14.4 Å². The second-order valence-electron chi connectivity index (χ2n) is 18.2. The zero-order chi connectivity index (χ0) is 48.9. The fourth-order valence-electron chi connectivity index (χ4n) is 11.1. The molecule has 0 radical (unpaired) electrons. The van der Waals surface area contributed by atoms with Crippen molar-refractivity contribution in [3.05, 3.63) is 167 Å². The van der Waals surface area contributed by atoms with Crippen molar-refractivity contribution < 1.29 is 48.0 Å². The van der Waals surface area contributed by atoms with Crippen LogP contribution in [0.5, 0.6) is 5.75 Å².